The van der Waals surface area contributed by atoms with E-state index in [4.69, 9.17) is 14.5 Å². The zero-order chi connectivity index (χ0) is 29.1. The molecular formula is C29H39FN4O3S2Si. The van der Waals surface area contributed by atoms with E-state index in [1.165, 1.54) is 12.1 Å². The molecule has 2 aliphatic rings. The lowest BCUT2D eigenvalue weighted by molar-refractivity contribution is 0.252. The van der Waals surface area contributed by atoms with Gasteiger partial charge < -0.3 is 8.99 Å². The third kappa shape index (κ3) is 5.54. The highest BCUT2D eigenvalue weighted by atomic mass is 32.2. The molecule has 1 aliphatic carbocycles. The quantitative estimate of drug-likeness (QED) is 0.305. The Balaban J connectivity index is 1.37. The minimum absolute atomic E-state index is 0.0384. The van der Waals surface area contributed by atoms with Crippen LogP contribution in [0.15, 0.2) is 41.4 Å². The highest BCUT2D eigenvalue weighted by Crippen LogP contribution is 2.53. The van der Waals surface area contributed by atoms with E-state index in [1.807, 2.05) is 23.9 Å². The number of hydrogen-bond acceptors (Lipinski definition) is 7. The maximum atomic E-state index is 14.8. The first kappa shape index (κ1) is 29.4. The number of thioether (sulfide) groups is 1. The van der Waals surface area contributed by atoms with Crippen molar-refractivity contribution in [2.45, 2.75) is 86.7 Å². The van der Waals surface area contributed by atoms with Crippen LogP contribution in [0.5, 0.6) is 0 Å². The van der Waals surface area contributed by atoms with Gasteiger partial charge in [0.05, 0.1) is 16.0 Å². The Morgan fingerprint density at radius 2 is 1.88 bits per heavy atom. The Morgan fingerprint density at radius 1 is 1.15 bits per heavy atom. The predicted molar refractivity (Wildman–Crippen MR) is 160 cm³/mol. The fourth-order valence-electron chi connectivity index (χ4n) is 4.98. The molecule has 1 atom stereocenters. The van der Waals surface area contributed by atoms with Crippen molar-refractivity contribution in [2.24, 2.45) is 0 Å². The molecular weight excluding hydrogens is 564 g/mol. The fraction of sp³-hybridized carbons (Fsp3) is 0.552. The van der Waals surface area contributed by atoms with Crippen molar-refractivity contribution >= 4 is 29.9 Å². The molecule has 1 saturated carbocycles. The molecule has 1 fully saturated rings. The third-order valence-corrected chi connectivity index (χ3v) is 15.7. The fourth-order valence-corrected chi connectivity index (χ4v) is 7.97. The largest absolute Gasteiger partial charge is 0.415 e. The molecule has 3 heterocycles. The van der Waals surface area contributed by atoms with E-state index < -0.39 is 24.0 Å². The normalized spacial score (nSPS) is 21.1. The van der Waals surface area contributed by atoms with Gasteiger partial charge in [0.25, 0.3) is 0 Å². The summed E-state index contributed by atoms with van der Waals surface area (Å²) in [6.07, 6.45) is 5.41. The van der Waals surface area contributed by atoms with Crippen molar-refractivity contribution in [3.05, 3.63) is 59.7 Å². The topological polar surface area (TPSA) is 87.0 Å². The number of rotatable bonds is 7. The lowest BCUT2D eigenvalue weighted by Gasteiger charge is -2.39. The Morgan fingerprint density at radius 3 is 2.45 bits per heavy atom. The summed E-state index contributed by atoms with van der Waals surface area (Å²) in [5.74, 6) is 2.33. The summed E-state index contributed by atoms with van der Waals surface area (Å²) in [4.78, 5) is 4.71. The van der Waals surface area contributed by atoms with Gasteiger partial charge in [-0.3, -0.25) is 4.98 Å². The summed E-state index contributed by atoms with van der Waals surface area (Å²) in [5, 5.41) is 9.54. The lowest BCUT2D eigenvalue weighted by atomic mass is 9.98. The Kier molecular flexibility index (Phi) is 7.37. The summed E-state index contributed by atoms with van der Waals surface area (Å²) < 4.78 is 47.2. The molecule has 5 rings (SSSR count). The van der Waals surface area contributed by atoms with Crippen molar-refractivity contribution in [2.75, 3.05) is 18.6 Å². The van der Waals surface area contributed by atoms with E-state index in [0.29, 0.717) is 17.7 Å². The molecule has 1 aliphatic heterocycles. The molecule has 0 spiro atoms. The first-order valence-corrected chi connectivity index (χ1v) is 19.5. The van der Waals surface area contributed by atoms with Gasteiger partial charge in [-0.1, -0.05) is 32.9 Å². The molecule has 3 aromatic rings. The molecule has 0 saturated heterocycles. The molecule has 0 unspecified atom stereocenters. The van der Waals surface area contributed by atoms with Gasteiger partial charge in [-0.25, -0.2) is 12.8 Å². The molecule has 0 bridgehead atoms. The van der Waals surface area contributed by atoms with Crippen LogP contribution in [0.1, 0.15) is 57.9 Å². The predicted octanol–water partition coefficient (Wildman–Crippen LogP) is 6.03. The van der Waals surface area contributed by atoms with Gasteiger partial charge in [0, 0.05) is 53.7 Å². The number of hydrogen-bond donors (Lipinski definition) is 0. The maximum absolute atomic E-state index is 14.8. The van der Waals surface area contributed by atoms with Crippen LogP contribution in [0.25, 0.3) is 11.1 Å². The van der Waals surface area contributed by atoms with Crippen molar-refractivity contribution in [1.82, 2.24) is 19.7 Å². The van der Waals surface area contributed by atoms with E-state index in [1.54, 1.807) is 6.20 Å². The van der Waals surface area contributed by atoms with Gasteiger partial charge in [-0.05, 0) is 56.1 Å². The van der Waals surface area contributed by atoms with Gasteiger partial charge in [0.1, 0.15) is 17.5 Å². The van der Waals surface area contributed by atoms with Gasteiger partial charge in [-0.15, -0.1) is 10.2 Å². The molecule has 0 radical (unpaired) electrons. The van der Waals surface area contributed by atoms with Crippen LogP contribution in [0.3, 0.4) is 0 Å². The number of halogens is 1. The highest BCUT2D eigenvalue weighted by Gasteiger charge is 2.52. The molecule has 1 aromatic carbocycles. The molecule has 0 N–H and O–H groups in total. The van der Waals surface area contributed by atoms with Crippen LogP contribution < -0.4 is 0 Å². The van der Waals surface area contributed by atoms with Crippen LogP contribution in [0, 0.1) is 5.82 Å². The molecule has 7 nitrogen and oxygen atoms in total. The van der Waals surface area contributed by atoms with Crippen LogP contribution in [-0.2, 0) is 32.6 Å². The molecule has 11 heteroatoms. The van der Waals surface area contributed by atoms with Crippen molar-refractivity contribution < 1.29 is 17.2 Å². The highest BCUT2D eigenvalue weighted by molar-refractivity contribution is 8.00. The van der Waals surface area contributed by atoms with Crippen LogP contribution in [0.2, 0.25) is 18.1 Å². The smallest absolute Gasteiger partial charge is 0.192 e. The molecule has 2 aromatic heterocycles. The summed E-state index contributed by atoms with van der Waals surface area (Å²) in [6.45, 7) is 15.2. The number of nitrogens with zero attached hydrogens (tertiary/aromatic N) is 4. The second-order valence-electron chi connectivity index (χ2n) is 13.0. The summed E-state index contributed by atoms with van der Waals surface area (Å²) >= 11 is 1.96. The van der Waals surface area contributed by atoms with E-state index in [9.17, 15) is 12.8 Å². The minimum Gasteiger partial charge on any atom is -0.415 e. The Bertz CT molecular complexity index is 1530. The third-order valence-electron chi connectivity index (χ3n) is 8.78. The van der Waals surface area contributed by atoms with Gasteiger partial charge in [0.2, 0.25) is 0 Å². The summed E-state index contributed by atoms with van der Waals surface area (Å²) in [7, 11) is -5.34. The van der Waals surface area contributed by atoms with Gasteiger partial charge in [0.15, 0.2) is 18.2 Å². The van der Waals surface area contributed by atoms with E-state index in [0.717, 1.165) is 61.2 Å². The number of pyridine rings is 1. The van der Waals surface area contributed by atoms with Crippen molar-refractivity contribution in [3.63, 3.8) is 0 Å². The number of aromatic nitrogens is 4. The number of sulfone groups is 1. The van der Waals surface area contributed by atoms with E-state index in [-0.39, 0.29) is 20.1 Å². The standard InChI is InChI=1S/C29H39FN4O3S2Si/c1-27(2,3)40(6,7)37-19-28(4)17-25-32-33-26(34(25)14-15-38-28)29(12-13-29)24-11-8-20(18-31-24)22-10-9-21(16-23(22)30)39(5,35)36/h8-11,16,18H,12-15,17,19H2,1-7H3/t28-/m1/s1. The van der Waals surface area contributed by atoms with Crippen molar-refractivity contribution in [3.8, 4) is 11.1 Å². The second kappa shape index (κ2) is 10.0. The SMILES string of the molecule is CC(C)(C)[Si](C)(C)OC[C@@]1(C)Cc2nnc(C3(c4ccc(-c5ccc(S(C)(=O)=O)cc5F)cn4)CC3)n2CCS1. The van der Waals surface area contributed by atoms with Crippen LogP contribution in [-0.4, -0.2) is 59.8 Å². The summed E-state index contributed by atoms with van der Waals surface area (Å²) in [6, 6.07) is 7.79. The minimum atomic E-state index is -3.48. The van der Waals surface area contributed by atoms with E-state index >= 15 is 0 Å². The molecule has 216 valence electrons. The zero-order valence-corrected chi connectivity index (χ0v) is 27.0. The lowest BCUT2D eigenvalue weighted by Crippen LogP contribution is -2.45. The monoisotopic (exact) mass is 602 g/mol. The number of benzene rings is 1. The first-order valence-electron chi connectivity index (χ1n) is 13.7. The first-order chi connectivity index (χ1) is 18.5. The average molecular weight is 603 g/mol. The maximum Gasteiger partial charge on any atom is 0.192 e. The number of fused-ring (bicyclic) bond motifs is 1. The Labute approximate surface area is 242 Å². The molecule has 0 amide bonds. The van der Waals surface area contributed by atoms with Crippen LogP contribution >= 0.6 is 11.8 Å². The average Bonchev–Trinajstić information content (AvgIpc) is 3.61. The summed E-state index contributed by atoms with van der Waals surface area (Å²) in [5.41, 5.74) is 1.54. The second-order valence-corrected chi connectivity index (χ2v) is 21.6. The molecule has 40 heavy (non-hydrogen) atoms. The van der Waals surface area contributed by atoms with Gasteiger partial charge in [-0.2, -0.15) is 11.8 Å². The van der Waals surface area contributed by atoms with Crippen molar-refractivity contribution in [1.29, 1.82) is 0 Å². The van der Waals surface area contributed by atoms with Gasteiger partial charge >= 0.3 is 0 Å². The zero-order valence-electron chi connectivity index (χ0n) is 24.4. The van der Waals surface area contributed by atoms with E-state index in [2.05, 4.69) is 50.5 Å². The van der Waals surface area contributed by atoms with Crippen LogP contribution in [0.4, 0.5) is 4.39 Å². The Hall–Kier alpha value is -2.08.